The quantitative estimate of drug-likeness (QED) is 0.790. The molecule has 1 aromatic rings. The van der Waals surface area contributed by atoms with Crippen molar-refractivity contribution in [2.75, 3.05) is 14.1 Å². The molecule has 1 aliphatic carbocycles. The number of hydrogen-bond donors (Lipinski definition) is 1. The highest BCUT2D eigenvalue weighted by molar-refractivity contribution is 7.11. The van der Waals surface area contributed by atoms with E-state index in [1.165, 1.54) is 4.88 Å². The van der Waals surface area contributed by atoms with Crippen LogP contribution in [0.15, 0.2) is 6.20 Å². The van der Waals surface area contributed by atoms with E-state index >= 15 is 0 Å². The number of nitrogens with zero attached hydrogens (tertiary/aromatic N) is 2. The molecule has 1 saturated carbocycles. The van der Waals surface area contributed by atoms with Gasteiger partial charge in [-0.25, -0.2) is 4.98 Å². The summed E-state index contributed by atoms with van der Waals surface area (Å²) in [6.07, 6.45) is 4.15. The Hall–Kier alpha value is -0.450. The van der Waals surface area contributed by atoms with Gasteiger partial charge < -0.3 is 10.6 Å². The average molecular weight is 197 g/mol. The summed E-state index contributed by atoms with van der Waals surface area (Å²) in [7, 11) is 4.13. The van der Waals surface area contributed by atoms with Crippen molar-refractivity contribution in [3.63, 3.8) is 0 Å². The summed E-state index contributed by atoms with van der Waals surface area (Å²) in [5, 5.41) is 1.12. The molecule has 0 unspecified atom stereocenters. The smallest absolute Gasteiger partial charge is 0.113 e. The highest BCUT2D eigenvalue weighted by Gasteiger charge is 2.42. The first-order chi connectivity index (χ1) is 6.10. The third-order valence-electron chi connectivity index (χ3n) is 2.24. The van der Waals surface area contributed by atoms with Crippen LogP contribution in [0, 0.1) is 0 Å². The van der Waals surface area contributed by atoms with Crippen LogP contribution in [0.3, 0.4) is 0 Å². The summed E-state index contributed by atoms with van der Waals surface area (Å²) >= 11 is 1.75. The minimum absolute atomic E-state index is 0.0603. The molecule has 0 aromatic carbocycles. The zero-order chi connectivity index (χ0) is 9.47. The minimum atomic E-state index is -0.0603. The van der Waals surface area contributed by atoms with Gasteiger partial charge in [-0.2, -0.15) is 0 Å². The molecule has 4 heteroatoms. The van der Waals surface area contributed by atoms with Gasteiger partial charge in [0.15, 0.2) is 0 Å². The van der Waals surface area contributed by atoms with Gasteiger partial charge in [-0.3, -0.25) is 0 Å². The molecule has 0 amide bonds. The van der Waals surface area contributed by atoms with Crippen LogP contribution in [-0.4, -0.2) is 24.0 Å². The summed E-state index contributed by atoms with van der Waals surface area (Å²) in [6, 6.07) is 0. The Morgan fingerprint density at radius 1 is 1.62 bits per heavy atom. The van der Waals surface area contributed by atoms with Crippen molar-refractivity contribution in [1.29, 1.82) is 0 Å². The second kappa shape index (κ2) is 3.04. The largest absolute Gasteiger partial charge is 0.319 e. The highest BCUT2D eigenvalue weighted by atomic mass is 32.1. The second-order valence-corrected chi connectivity index (χ2v) is 5.14. The molecule has 0 atom stereocenters. The molecule has 1 fully saturated rings. The highest BCUT2D eigenvalue weighted by Crippen LogP contribution is 2.44. The minimum Gasteiger partial charge on any atom is -0.319 e. The van der Waals surface area contributed by atoms with E-state index < -0.39 is 0 Å². The normalized spacial score (nSPS) is 19.4. The van der Waals surface area contributed by atoms with Crippen LogP contribution in [0.5, 0.6) is 0 Å². The topological polar surface area (TPSA) is 42.2 Å². The molecular weight excluding hydrogens is 182 g/mol. The molecule has 1 aliphatic rings. The average Bonchev–Trinajstić information content (AvgIpc) is 2.62. The van der Waals surface area contributed by atoms with Crippen LogP contribution in [0.25, 0.3) is 0 Å². The Morgan fingerprint density at radius 3 is 2.85 bits per heavy atom. The Kier molecular flexibility index (Phi) is 2.14. The molecule has 72 valence electrons. The summed E-state index contributed by atoms with van der Waals surface area (Å²) in [4.78, 5) is 7.82. The predicted octanol–water partition coefficient (Wildman–Crippen LogP) is 1.15. The molecule has 1 heterocycles. The van der Waals surface area contributed by atoms with E-state index in [9.17, 15) is 0 Å². The van der Waals surface area contributed by atoms with Crippen molar-refractivity contribution in [2.24, 2.45) is 5.73 Å². The van der Waals surface area contributed by atoms with Crippen LogP contribution < -0.4 is 5.73 Å². The molecule has 13 heavy (non-hydrogen) atoms. The Labute approximate surface area is 82.6 Å². The van der Waals surface area contributed by atoms with E-state index in [2.05, 4.69) is 24.0 Å². The maximum absolute atomic E-state index is 6.05. The SMILES string of the molecule is CN(C)Cc1cnc(C2(N)CC2)s1. The molecule has 2 rings (SSSR count). The van der Waals surface area contributed by atoms with E-state index in [0.717, 1.165) is 24.4 Å². The predicted molar refractivity (Wildman–Crippen MR) is 54.6 cm³/mol. The van der Waals surface area contributed by atoms with Gasteiger partial charge in [0, 0.05) is 17.6 Å². The van der Waals surface area contributed by atoms with E-state index in [1.54, 1.807) is 11.3 Å². The molecular formula is C9H15N3S. The molecule has 2 N–H and O–H groups in total. The fraction of sp³-hybridized carbons (Fsp3) is 0.667. The lowest BCUT2D eigenvalue weighted by Gasteiger charge is -2.06. The monoisotopic (exact) mass is 197 g/mol. The third-order valence-corrected chi connectivity index (χ3v) is 3.44. The van der Waals surface area contributed by atoms with E-state index in [0.29, 0.717) is 0 Å². The zero-order valence-corrected chi connectivity index (χ0v) is 8.90. The third kappa shape index (κ3) is 1.90. The first-order valence-electron chi connectivity index (χ1n) is 4.49. The van der Waals surface area contributed by atoms with Gasteiger partial charge in [0.05, 0.1) is 5.54 Å². The van der Waals surface area contributed by atoms with Crippen LogP contribution in [0.1, 0.15) is 22.7 Å². The molecule has 0 spiro atoms. The summed E-state index contributed by atoms with van der Waals surface area (Å²) in [5.74, 6) is 0. The van der Waals surface area contributed by atoms with Crippen molar-refractivity contribution in [3.8, 4) is 0 Å². The lowest BCUT2D eigenvalue weighted by molar-refractivity contribution is 0.406. The number of thiazole rings is 1. The maximum atomic E-state index is 6.05. The molecule has 0 radical (unpaired) electrons. The van der Waals surface area contributed by atoms with E-state index in [4.69, 9.17) is 5.73 Å². The van der Waals surface area contributed by atoms with Gasteiger partial charge in [0.2, 0.25) is 0 Å². The van der Waals surface area contributed by atoms with Gasteiger partial charge in [0.25, 0.3) is 0 Å². The van der Waals surface area contributed by atoms with Crippen molar-refractivity contribution in [3.05, 3.63) is 16.1 Å². The van der Waals surface area contributed by atoms with Crippen molar-refractivity contribution in [2.45, 2.75) is 24.9 Å². The van der Waals surface area contributed by atoms with E-state index in [-0.39, 0.29) is 5.54 Å². The van der Waals surface area contributed by atoms with E-state index in [1.807, 2.05) is 6.20 Å². The standard InChI is InChI=1S/C9H15N3S/c1-12(2)6-7-5-11-8(13-7)9(10)3-4-9/h5H,3-4,6,10H2,1-2H3. The molecule has 0 aliphatic heterocycles. The fourth-order valence-corrected chi connectivity index (χ4v) is 2.46. The number of nitrogens with two attached hydrogens (primary N) is 1. The maximum Gasteiger partial charge on any atom is 0.113 e. The Morgan fingerprint density at radius 2 is 2.31 bits per heavy atom. The number of aromatic nitrogens is 1. The van der Waals surface area contributed by atoms with Crippen LogP contribution >= 0.6 is 11.3 Å². The molecule has 1 aromatic heterocycles. The first-order valence-corrected chi connectivity index (χ1v) is 5.31. The summed E-state index contributed by atoms with van der Waals surface area (Å²) < 4.78 is 0. The summed E-state index contributed by atoms with van der Waals surface area (Å²) in [5.41, 5.74) is 5.99. The van der Waals surface area contributed by atoms with Gasteiger partial charge >= 0.3 is 0 Å². The van der Waals surface area contributed by atoms with Gasteiger partial charge in [0.1, 0.15) is 5.01 Å². The zero-order valence-electron chi connectivity index (χ0n) is 8.08. The van der Waals surface area contributed by atoms with Gasteiger partial charge in [-0.15, -0.1) is 11.3 Å². The number of rotatable bonds is 3. The van der Waals surface area contributed by atoms with Crippen LogP contribution in [0.2, 0.25) is 0 Å². The van der Waals surface area contributed by atoms with Crippen LogP contribution in [0.4, 0.5) is 0 Å². The van der Waals surface area contributed by atoms with Crippen molar-refractivity contribution >= 4 is 11.3 Å². The second-order valence-electron chi connectivity index (χ2n) is 4.03. The lowest BCUT2D eigenvalue weighted by Crippen LogP contribution is -2.17. The first kappa shape index (κ1) is 9.12. The number of hydrogen-bond acceptors (Lipinski definition) is 4. The van der Waals surface area contributed by atoms with Crippen molar-refractivity contribution in [1.82, 2.24) is 9.88 Å². The van der Waals surface area contributed by atoms with Crippen molar-refractivity contribution < 1.29 is 0 Å². The fourth-order valence-electron chi connectivity index (χ4n) is 1.27. The Balaban J connectivity index is 2.09. The van der Waals surface area contributed by atoms with Gasteiger partial charge in [-0.05, 0) is 26.9 Å². The molecule has 0 saturated heterocycles. The van der Waals surface area contributed by atoms with Crippen LogP contribution in [-0.2, 0) is 12.1 Å². The Bertz CT molecular complexity index is 302. The van der Waals surface area contributed by atoms with Gasteiger partial charge in [-0.1, -0.05) is 0 Å². The molecule has 0 bridgehead atoms. The molecule has 3 nitrogen and oxygen atoms in total. The summed E-state index contributed by atoms with van der Waals surface area (Å²) in [6.45, 7) is 0.966. The lowest BCUT2D eigenvalue weighted by atomic mass is 10.3.